The largest absolute Gasteiger partial charge is 0.383 e. The van der Waals surface area contributed by atoms with Crippen molar-refractivity contribution in [2.45, 2.75) is 0 Å². The van der Waals surface area contributed by atoms with Crippen LogP contribution in [0.1, 0.15) is 0 Å². The van der Waals surface area contributed by atoms with Crippen LogP contribution in [0.15, 0.2) is 65.8 Å². The van der Waals surface area contributed by atoms with Gasteiger partial charge in [-0.05, 0) is 36.4 Å². The van der Waals surface area contributed by atoms with Crippen LogP contribution in [0, 0.1) is 11.6 Å². The van der Waals surface area contributed by atoms with Gasteiger partial charge in [-0.2, -0.15) is 0 Å². The lowest BCUT2D eigenvalue weighted by atomic mass is 10.2. The van der Waals surface area contributed by atoms with Crippen LogP contribution < -0.4 is 21.8 Å². The fraction of sp³-hybridized carbons (Fsp3) is 0. The molecule has 0 aliphatic rings. The number of rotatable bonds is 3. The van der Waals surface area contributed by atoms with Crippen molar-refractivity contribution in [3.63, 3.8) is 0 Å². The fourth-order valence-corrected chi connectivity index (χ4v) is 2.89. The van der Waals surface area contributed by atoms with Gasteiger partial charge in [-0.15, -0.1) is 0 Å². The molecule has 0 radical (unpaired) electrons. The van der Waals surface area contributed by atoms with Crippen molar-refractivity contribution in [1.29, 1.82) is 0 Å². The minimum atomic E-state index is -0.883. The molecule has 8 nitrogen and oxygen atoms in total. The van der Waals surface area contributed by atoms with Gasteiger partial charge in [0.05, 0.1) is 5.69 Å². The number of nitrogens with two attached hydrogens (primary N) is 1. The van der Waals surface area contributed by atoms with Crippen molar-refractivity contribution >= 4 is 34.3 Å². The van der Waals surface area contributed by atoms with E-state index in [0.717, 1.165) is 12.1 Å². The molecule has 0 aliphatic carbocycles. The molecule has 150 valence electrons. The summed E-state index contributed by atoms with van der Waals surface area (Å²) in [5, 5.41) is 5.07. The Morgan fingerprint density at radius 3 is 2.50 bits per heavy atom. The number of hydrogen-bond donors (Lipinski definition) is 3. The third-order valence-corrected chi connectivity index (χ3v) is 4.29. The molecule has 2 aromatic carbocycles. The number of urea groups is 1. The number of hydrogen-bond acceptors (Lipinski definition) is 5. The maximum atomic E-state index is 13.6. The summed E-state index contributed by atoms with van der Waals surface area (Å²) >= 11 is 0. The third-order valence-electron chi connectivity index (χ3n) is 4.29. The second-order valence-corrected chi connectivity index (χ2v) is 6.26. The van der Waals surface area contributed by atoms with E-state index in [1.807, 2.05) is 0 Å². The number of anilines is 3. The van der Waals surface area contributed by atoms with Gasteiger partial charge in [-0.1, -0.05) is 0 Å². The summed E-state index contributed by atoms with van der Waals surface area (Å²) in [6.45, 7) is 0. The first-order valence-corrected chi connectivity index (χ1v) is 8.68. The number of carbonyl (C=O) groups excluding carboxylic acids is 1. The zero-order valence-corrected chi connectivity index (χ0v) is 15.3. The highest BCUT2D eigenvalue weighted by atomic mass is 19.1. The topological polar surface area (TPSA) is 115 Å². The van der Waals surface area contributed by atoms with Crippen molar-refractivity contribution < 1.29 is 13.6 Å². The first-order valence-electron chi connectivity index (χ1n) is 8.68. The number of nitrogens with zero attached hydrogens (tertiary/aromatic N) is 3. The molecule has 30 heavy (non-hydrogen) atoms. The third kappa shape index (κ3) is 3.65. The SMILES string of the molecule is Nc1ncnc2c1c(=O)ccn2-c1ccc(NC(=O)Nc2ccc(F)cc2F)cc1. The molecular weight excluding hydrogens is 394 g/mol. The van der Waals surface area contributed by atoms with Gasteiger partial charge in [-0.3, -0.25) is 4.79 Å². The number of fused-ring (bicyclic) bond motifs is 1. The highest BCUT2D eigenvalue weighted by Crippen LogP contribution is 2.20. The van der Waals surface area contributed by atoms with Crippen molar-refractivity contribution in [3.8, 4) is 5.69 Å². The Labute approximate surface area is 168 Å². The molecule has 0 unspecified atom stereocenters. The van der Waals surface area contributed by atoms with Crippen LogP contribution in [-0.4, -0.2) is 20.6 Å². The van der Waals surface area contributed by atoms with Gasteiger partial charge in [0.2, 0.25) is 0 Å². The van der Waals surface area contributed by atoms with Gasteiger partial charge in [0.15, 0.2) is 11.1 Å². The van der Waals surface area contributed by atoms with Gasteiger partial charge in [0.1, 0.15) is 29.2 Å². The minimum absolute atomic E-state index is 0.0855. The van der Waals surface area contributed by atoms with Crippen molar-refractivity contribution in [3.05, 3.63) is 82.9 Å². The Balaban J connectivity index is 1.56. The van der Waals surface area contributed by atoms with E-state index in [9.17, 15) is 18.4 Å². The molecule has 0 atom stereocenters. The summed E-state index contributed by atoms with van der Waals surface area (Å²) in [6, 6.07) is 10.1. The maximum Gasteiger partial charge on any atom is 0.323 e. The number of amides is 2. The number of pyridine rings is 1. The van der Waals surface area contributed by atoms with E-state index in [1.54, 1.807) is 35.0 Å². The van der Waals surface area contributed by atoms with Gasteiger partial charge in [0, 0.05) is 29.7 Å². The van der Waals surface area contributed by atoms with Crippen LogP contribution in [0.4, 0.5) is 30.8 Å². The fourth-order valence-electron chi connectivity index (χ4n) is 2.89. The van der Waals surface area contributed by atoms with Gasteiger partial charge >= 0.3 is 6.03 Å². The first-order chi connectivity index (χ1) is 14.4. The number of carbonyl (C=O) groups is 1. The molecule has 2 heterocycles. The van der Waals surface area contributed by atoms with E-state index in [2.05, 4.69) is 20.6 Å². The number of nitrogen functional groups attached to an aromatic ring is 1. The molecular formula is C20H14F2N6O2. The van der Waals surface area contributed by atoms with E-state index in [-0.39, 0.29) is 22.3 Å². The Kier molecular flexibility index (Phi) is 4.80. The summed E-state index contributed by atoms with van der Waals surface area (Å²) in [4.78, 5) is 32.1. The number of benzene rings is 2. The molecule has 2 amide bonds. The lowest BCUT2D eigenvalue weighted by Gasteiger charge is -2.12. The molecule has 4 N–H and O–H groups in total. The number of aromatic nitrogens is 3. The molecule has 4 aromatic rings. The second-order valence-electron chi connectivity index (χ2n) is 6.26. The van der Waals surface area contributed by atoms with Crippen molar-refractivity contribution in [2.24, 2.45) is 0 Å². The zero-order chi connectivity index (χ0) is 21.3. The molecule has 0 fully saturated rings. The molecule has 4 rings (SSSR count). The lowest BCUT2D eigenvalue weighted by molar-refractivity contribution is 0.262. The van der Waals surface area contributed by atoms with Gasteiger partial charge in [-0.25, -0.2) is 23.5 Å². The predicted octanol–water partition coefficient (Wildman–Crippen LogP) is 3.29. The van der Waals surface area contributed by atoms with E-state index in [1.165, 1.54) is 12.4 Å². The van der Waals surface area contributed by atoms with E-state index >= 15 is 0 Å². The van der Waals surface area contributed by atoms with Crippen LogP contribution in [-0.2, 0) is 0 Å². The highest BCUT2D eigenvalue weighted by molar-refractivity contribution is 5.99. The van der Waals surface area contributed by atoms with E-state index < -0.39 is 17.7 Å². The quantitative estimate of drug-likeness (QED) is 0.481. The maximum absolute atomic E-state index is 13.6. The van der Waals surface area contributed by atoms with E-state index in [4.69, 9.17) is 5.73 Å². The molecule has 10 heteroatoms. The monoisotopic (exact) mass is 408 g/mol. The van der Waals surface area contributed by atoms with Crippen LogP contribution in [0.2, 0.25) is 0 Å². The Hall–Kier alpha value is -4.34. The Morgan fingerprint density at radius 2 is 1.77 bits per heavy atom. The van der Waals surface area contributed by atoms with Crippen LogP contribution in [0.5, 0.6) is 0 Å². The summed E-state index contributed by atoms with van der Waals surface area (Å²) in [7, 11) is 0. The molecule has 0 bridgehead atoms. The molecule has 0 spiro atoms. The minimum Gasteiger partial charge on any atom is -0.383 e. The average molecular weight is 408 g/mol. The summed E-state index contributed by atoms with van der Waals surface area (Å²) < 4.78 is 28.3. The first kappa shape index (κ1) is 19.0. The summed E-state index contributed by atoms with van der Waals surface area (Å²) in [5.41, 5.74) is 6.80. The summed E-state index contributed by atoms with van der Waals surface area (Å²) in [6.07, 6.45) is 2.83. The van der Waals surface area contributed by atoms with Crippen LogP contribution in [0.3, 0.4) is 0 Å². The normalized spacial score (nSPS) is 10.7. The Morgan fingerprint density at radius 1 is 1.00 bits per heavy atom. The highest BCUT2D eigenvalue weighted by Gasteiger charge is 2.11. The zero-order valence-electron chi connectivity index (χ0n) is 15.3. The molecule has 2 aromatic heterocycles. The van der Waals surface area contributed by atoms with Gasteiger partial charge in [0.25, 0.3) is 0 Å². The van der Waals surface area contributed by atoms with Crippen molar-refractivity contribution in [2.75, 3.05) is 16.4 Å². The van der Waals surface area contributed by atoms with Crippen molar-refractivity contribution in [1.82, 2.24) is 14.5 Å². The van der Waals surface area contributed by atoms with Crippen LogP contribution in [0.25, 0.3) is 16.7 Å². The smallest absolute Gasteiger partial charge is 0.323 e. The second kappa shape index (κ2) is 7.59. The predicted molar refractivity (Wildman–Crippen MR) is 109 cm³/mol. The summed E-state index contributed by atoms with van der Waals surface area (Å²) in [5.74, 6) is -1.54. The molecule has 0 saturated heterocycles. The standard InChI is InChI=1S/C20H14F2N6O2/c21-11-1-6-15(14(22)9-11)27-20(30)26-12-2-4-13(5-3-12)28-8-7-16(29)17-18(23)24-10-25-19(17)28/h1-10H,(H2,23,24,25)(H2,26,27,30). The number of nitrogens with one attached hydrogen (secondary N) is 2. The van der Waals surface area contributed by atoms with Gasteiger partial charge < -0.3 is 20.9 Å². The van der Waals surface area contributed by atoms with E-state index in [0.29, 0.717) is 23.1 Å². The Bertz CT molecular complexity index is 1320. The number of halogens is 2. The average Bonchev–Trinajstić information content (AvgIpc) is 2.71. The lowest BCUT2D eigenvalue weighted by Crippen LogP contribution is -2.20. The molecule has 0 aliphatic heterocycles. The molecule has 0 saturated carbocycles. The van der Waals surface area contributed by atoms with Crippen LogP contribution >= 0.6 is 0 Å².